The summed E-state index contributed by atoms with van der Waals surface area (Å²) in [6.45, 7) is -0.00225. The summed E-state index contributed by atoms with van der Waals surface area (Å²) in [7, 11) is 1.60. The van der Waals surface area contributed by atoms with Crippen LogP contribution in [0.15, 0.2) is 67.1 Å². The number of fused-ring (bicyclic) bond motifs is 1. The second-order valence-electron chi connectivity index (χ2n) is 6.58. The number of carbonyl (C=O) groups excluding carboxylic acids is 1. The fourth-order valence-electron chi connectivity index (χ4n) is 3.07. The van der Waals surface area contributed by atoms with Crippen LogP contribution in [-0.2, 0) is 17.8 Å². The van der Waals surface area contributed by atoms with Crippen molar-refractivity contribution < 1.29 is 14.6 Å². The third-order valence-corrected chi connectivity index (χ3v) is 4.59. The second-order valence-corrected chi connectivity index (χ2v) is 6.58. The van der Waals surface area contributed by atoms with Gasteiger partial charge in [-0.15, -0.1) is 0 Å². The Hall–Kier alpha value is -3.71. The number of anilines is 1. The molecule has 29 heavy (non-hydrogen) atoms. The van der Waals surface area contributed by atoms with E-state index in [1.54, 1.807) is 23.9 Å². The molecule has 0 saturated carbocycles. The first kappa shape index (κ1) is 18.6. The van der Waals surface area contributed by atoms with E-state index in [4.69, 9.17) is 4.74 Å². The summed E-state index contributed by atoms with van der Waals surface area (Å²) in [6.07, 6.45) is 5.33. The topological polar surface area (TPSA) is 88.8 Å². The highest BCUT2D eigenvalue weighted by atomic mass is 16.5. The third kappa shape index (κ3) is 4.09. The minimum absolute atomic E-state index is 0.00225. The molecule has 0 radical (unpaired) electrons. The van der Waals surface area contributed by atoms with Gasteiger partial charge < -0.3 is 15.2 Å². The van der Waals surface area contributed by atoms with Crippen molar-refractivity contribution in [3.05, 3.63) is 78.2 Å². The summed E-state index contributed by atoms with van der Waals surface area (Å²) in [5.41, 5.74) is 3.98. The number of carbonyl (C=O) groups is 1. The minimum Gasteiger partial charge on any atom is -0.497 e. The van der Waals surface area contributed by atoms with Crippen LogP contribution in [0.4, 0.5) is 5.82 Å². The maximum absolute atomic E-state index is 12.5. The highest BCUT2D eigenvalue weighted by Crippen LogP contribution is 2.21. The quantitative estimate of drug-likeness (QED) is 0.530. The zero-order valence-corrected chi connectivity index (χ0v) is 15.9. The van der Waals surface area contributed by atoms with Gasteiger partial charge in [-0.3, -0.25) is 14.2 Å². The molecule has 0 bridgehead atoms. The maximum Gasteiger partial charge on any atom is 0.229 e. The van der Waals surface area contributed by atoms with E-state index in [1.807, 2.05) is 54.7 Å². The number of benzene rings is 2. The van der Waals surface area contributed by atoms with Crippen molar-refractivity contribution in [3.63, 3.8) is 0 Å². The molecule has 7 heteroatoms. The van der Waals surface area contributed by atoms with E-state index in [0.717, 1.165) is 22.4 Å². The molecule has 2 heterocycles. The Morgan fingerprint density at radius 1 is 1.10 bits per heavy atom. The average molecular weight is 388 g/mol. The molecule has 146 valence electrons. The Morgan fingerprint density at radius 2 is 1.93 bits per heavy atom. The van der Waals surface area contributed by atoms with Gasteiger partial charge in [0.15, 0.2) is 5.65 Å². The summed E-state index contributed by atoms with van der Waals surface area (Å²) in [5, 5.41) is 12.1. The van der Waals surface area contributed by atoms with E-state index in [2.05, 4.69) is 15.3 Å². The van der Waals surface area contributed by atoms with Crippen LogP contribution in [0.5, 0.6) is 5.75 Å². The normalized spacial score (nSPS) is 10.8. The first-order valence-electron chi connectivity index (χ1n) is 9.12. The Bertz CT molecular complexity index is 1150. The lowest BCUT2D eigenvalue weighted by Crippen LogP contribution is -2.15. The van der Waals surface area contributed by atoms with Gasteiger partial charge >= 0.3 is 0 Å². The number of nitrogens with one attached hydrogen (secondary N) is 1. The summed E-state index contributed by atoms with van der Waals surface area (Å²) >= 11 is 0. The van der Waals surface area contributed by atoms with E-state index in [0.29, 0.717) is 17.2 Å². The first-order chi connectivity index (χ1) is 14.2. The number of aromatic nitrogens is 3. The van der Waals surface area contributed by atoms with Crippen LogP contribution in [0.25, 0.3) is 16.9 Å². The minimum atomic E-state index is -0.147. The van der Waals surface area contributed by atoms with Gasteiger partial charge in [-0.05, 0) is 23.3 Å². The molecule has 2 N–H and O–H groups in total. The van der Waals surface area contributed by atoms with Crippen molar-refractivity contribution in [1.29, 1.82) is 0 Å². The molecule has 0 atom stereocenters. The smallest absolute Gasteiger partial charge is 0.229 e. The summed E-state index contributed by atoms with van der Waals surface area (Å²) < 4.78 is 7.00. The van der Waals surface area contributed by atoms with Crippen molar-refractivity contribution in [2.24, 2.45) is 0 Å². The standard InChI is InChI=1S/C22H20N4O3/c1-29-18-4-2-3-16(9-18)10-22(28)25-21-12-24-20-11-23-19(13-26(20)21)17-7-5-15(14-27)6-8-17/h2-9,11-13,27H,10,14H2,1H3,(H,25,28). The van der Waals surface area contributed by atoms with Gasteiger partial charge in [-0.25, -0.2) is 4.98 Å². The fourth-order valence-corrected chi connectivity index (χ4v) is 3.07. The molecule has 4 aromatic rings. The highest BCUT2D eigenvalue weighted by molar-refractivity contribution is 5.92. The Balaban J connectivity index is 1.56. The van der Waals surface area contributed by atoms with Crippen molar-refractivity contribution >= 4 is 17.4 Å². The van der Waals surface area contributed by atoms with E-state index < -0.39 is 0 Å². The molecule has 2 aromatic heterocycles. The van der Waals surface area contributed by atoms with Gasteiger partial charge in [-0.1, -0.05) is 36.4 Å². The van der Waals surface area contributed by atoms with Gasteiger partial charge in [0.1, 0.15) is 11.6 Å². The van der Waals surface area contributed by atoms with Crippen molar-refractivity contribution in [2.75, 3.05) is 12.4 Å². The number of nitrogens with zero attached hydrogens (tertiary/aromatic N) is 3. The number of rotatable bonds is 6. The molecule has 7 nitrogen and oxygen atoms in total. The van der Waals surface area contributed by atoms with Crippen LogP contribution in [0.3, 0.4) is 0 Å². The van der Waals surface area contributed by atoms with Crippen LogP contribution in [-0.4, -0.2) is 32.5 Å². The predicted octanol–water partition coefficient (Wildman–Crippen LogP) is 3.08. The van der Waals surface area contributed by atoms with Gasteiger partial charge in [0.25, 0.3) is 0 Å². The number of aliphatic hydroxyl groups excluding tert-OH is 1. The lowest BCUT2D eigenvalue weighted by atomic mass is 10.1. The monoisotopic (exact) mass is 388 g/mol. The molecule has 0 fully saturated rings. The molecule has 1 amide bonds. The Labute approximate surface area is 167 Å². The van der Waals surface area contributed by atoms with Crippen molar-refractivity contribution in [3.8, 4) is 17.0 Å². The van der Waals surface area contributed by atoms with Gasteiger partial charge in [-0.2, -0.15) is 0 Å². The van der Waals surface area contributed by atoms with E-state index in [1.165, 1.54) is 0 Å². The van der Waals surface area contributed by atoms with Crippen molar-refractivity contribution in [1.82, 2.24) is 14.4 Å². The van der Waals surface area contributed by atoms with E-state index in [-0.39, 0.29) is 18.9 Å². The molecule has 0 aliphatic rings. The Kier molecular flexibility index (Phi) is 5.22. The molecule has 0 spiro atoms. The molecule has 2 aromatic carbocycles. The number of aliphatic hydroxyl groups is 1. The lowest BCUT2D eigenvalue weighted by Gasteiger charge is -2.08. The van der Waals surface area contributed by atoms with Crippen molar-refractivity contribution in [2.45, 2.75) is 13.0 Å². The molecular formula is C22H20N4O3. The number of hydrogen-bond donors (Lipinski definition) is 2. The number of imidazole rings is 1. The second kappa shape index (κ2) is 8.12. The molecular weight excluding hydrogens is 368 g/mol. The van der Waals surface area contributed by atoms with Crippen LogP contribution < -0.4 is 10.1 Å². The fraction of sp³-hybridized carbons (Fsp3) is 0.136. The molecule has 0 aliphatic carbocycles. The maximum atomic E-state index is 12.5. The van der Waals surface area contributed by atoms with Crippen LogP contribution in [0, 0.1) is 0 Å². The van der Waals surface area contributed by atoms with E-state index >= 15 is 0 Å². The van der Waals surface area contributed by atoms with Gasteiger partial charge in [0, 0.05) is 11.8 Å². The van der Waals surface area contributed by atoms with Gasteiger partial charge in [0.2, 0.25) is 5.91 Å². The molecule has 0 aliphatic heterocycles. The third-order valence-electron chi connectivity index (χ3n) is 4.59. The van der Waals surface area contributed by atoms with Crippen LogP contribution in [0.2, 0.25) is 0 Å². The lowest BCUT2D eigenvalue weighted by molar-refractivity contribution is -0.115. The van der Waals surface area contributed by atoms with E-state index in [9.17, 15) is 9.90 Å². The number of hydrogen-bond acceptors (Lipinski definition) is 5. The molecule has 0 unspecified atom stereocenters. The average Bonchev–Trinajstić information content (AvgIpc) is 3.15. The number of methoxy groups -OCH3 is 1. The predicted molar refractivity (Wildman–Crippen MR) is 110 cm³/mol. The number of ether oxygens (including phenoxy) is 1. The molecule has 0 saturated heterocycles. The summed E-state index contributed by atoms with van der Waals surface area (Å²) in [4.78, 5) is 21.3. The zero-order chi connectivity index (χ0) is 20.2. The highest BCUT2D eigenvalue weighted by Gasteiger charge is 2.11. The SMILES string of the molecule is COc1cccc(CC(=O)Nc2cnc3cnc(-c4ccc(CO)cc4)cn23)c1. The number of amides is 1. The molecule has 4 rings (SSSR count). The zero-order valence-electron chi connectivity index (χ0n) is 15.9. The van der Waals surface area contributed by atoms with Gasteiger partial charge in [0.05, 0.1) is 38.2 Å². The summed E-state index contributed by atoms with van der Waals surface area (Å²) in [6, 6.07) is 14.9. The summed E-state index contributed by atoms with van der Waals surface area (Å²) in [5.74, 6) is 1.14. The van der Waals surface area contributed by atoms with Crippen LogP contribution >= 0.6 is 0 Å². The van der Waals surface area contributed by atoms with Crippen LogP contribution in [0.1, 0.15) is 11.1 Å². The largest absolute Gasteiger partial charge is 0.497 e. The first-order valence-corrected chi connectivity index (χ1v) is 9.12. The Morgan fingerprint density at radius 3 is 2.69 bits per heavy atom.